The molecule has 6 nitrogen and oxygen atoms in total. The number of carbonyl (C=O) groups is 2. The minimum atomic E-state index is -4.34. The van der Waals surface area contributed by atoms with Crippen LogP contribution in [0.25, 0.3) is 0 Å². The molecule has 0 radical (unpaired) electrons. The second-order valence-corrected chi connectivity index (χ2v) is 5.69. The molecule has 1 amide bonds. The topological polar surface area (TPSA) is 115 Å². The van der Waals surface area contributed by atoms with E-state index in [-0.39, 0.29) is 0 Å². The molecule has 3 N–H and O–H groups in total. The zero-order valence-corrected chi connectivity index (χ0v) is 10.2. The summed E-state index contributed by atoms with van der Waals surface area (Å²) < 4.78 is 49.9. The SMILES string of the molecule is NC(=O)CCS(=O)(=O)c1cc(C(=O)O)cc(F)c1F. The number of amides is 1. The van der Waals surface area contributed by atoms with Gasteiger partial charge in [-0.1, -0.05) is 0 Å². The lowest BCUT2D eigenvalue weighted by Gasteiger charge is -2.06. The number of carboxylic acids is 1. The molecule has 9 heteroatoms. The van der Waals surface area contributed by atoms with Crippen molar-refractivity contribution in [3.05, 3.63) is 29.3 Å². The first-order valence-electron chi connectivity index (χ1n) is 4.88. The van der Waals surface area contributed by atoms with Crippen molar-refractivity contribution >= 4 is 21.7 Å². The third kappa shape index (κ3) is 3.47. The molecule has 0 atom stereocenters. The Morgan fingerprint density at radius 1 is 1.26 bits per heavy atom. The number of sulfone groups is 1. The van der Waals surface area contributed by atoms with Crippen LogP contribution in [0.1, 0.15) is 16.8 Å². The lowest BCUT2D eigenvalue weighted by molar-refractivity contribution is -0.117. The normalized spacial score (nSPS) is 11.3. The molecule has 0 aliphatic rings. The maximum absolute atomic E-state index is 13.4. The van der Waals surface area contributed by atoms with Crippen molar-refractivity contribution in [2.75, 3.05) is 5.75 Å². The standard InChI is InChI=1S/C10H9F2NO5S/c11-6-3-5(10(15)16)4-7(9(6)12)19(17,18)2-1-8(13)14/h3-4H,1-2H2,(H2,13,14)(H,15,16). The molecule has 0 heterocycles. The number of hydrogen-bond donors (Lipinski definition) is 2. The molecule has 0 aliphatic heterocycles. The summed E-state index contributed by atoms with van der Waals surface area (Å²) in [6, 6.07) is 0.863. The first kappa shape index (κ1) is 15.0. The van der Waals surface area contributed by atoms with Crippen LogP contribution in [0.5, 0.6) is 0 Å². The molecule has 0 spiro atoms. The minimum Gasteiger partial charge on any atom is -0.478 e. The number of carboxylic acid groups (broad SMARTS) is 1. The summed E-state index contributed by atoms with van der Waals surface area (Å²) >= 11 is 0. The molecule has 0 unspecified atom stereocenters. The number of nitrogens with two attached hydrogens (primary N) is 1. The maximum atomic E-state index is 13.4. The molecule has 0 bridgehead atoms. The summed E-state index contributed by atoms with van der Waals surface area (Å²) in [7, 11) is -4.34. The predicted molar refractivity (Wildman–Crippen MR) is 59.2 cm³/mol. The van der Waals surface area contributed by atoms with Crippen LogP contribution in [-0.4, -0.2) is 31.2 Å². The fourth-order valence-corrected chi connectivity index (χ4v) is 2.63. The number of hydrogen-bond acceptors (Lipinski definition) is 4. The first-order chi connectivity index (χ1) is 8.65. The third-order valence-electron chi connectivity index (χ3n) is 2.19. The smallest absolute Gasteiger partial charge is 0.335 e. The highest BCUT2D eigenvalue weighted by Gasteiger charge is 2.25. The van der Waals surface area contributed by atoms with E-state index in [1.165, 1.54) is 0 Å². The number of primary amides is 1. The van der Waals surface area contributed by atoms with Gasteiger partial charge in [-0.2, -0.15) is 0 Å². The fraction of sp³-hybridized carbons (Fsp3) is 0.200. The summed E-state index contributed by atoms with van der Waals surface area (Å²) in [6.07, 6.45) is -0.583. The Kier molecular flexibility index (Phi) is 4.20. The van der Waals surface area contributed by atoms with E-state index in [2.05, 4.69) is 0 Å². The van der Waals surface area contributed by atoms with Crippen LogP contribution in [0.4, 0.5) is 8.78 Å². The second kappa shape index (κ2) is 5.31. The molecule has 1 aromatic rings. The summed E-state index contributed by atoms with van der Waals surface area (Å²) in [4.78, 5) is 20.0. The Hall–Kier alpha value is -2.03. The van der Waals surface area contributed by atoms with E-state index in [1.807, 2.05) is 0 Å². The Bertz CT molecular complexity index is 642. The van der Waals surface area contributed by atoms with E-state index >= 15 is 0 Å². The molecule has 1 aromatic carbocycles. The van der Waals surface area contributed by atoms with Gasteiger partial charge < -0.3 is 10.8 Å². The van der Waals surface area contributed by atoms with Crippen molar-refractivity contribution in [3.63, 3.8) is 0 Å². The van der Waals surface area contributed by atoms with Crippen molar-refractivity contribution in [2.24, 2.45) is 5.73 Å². The van der Waals surface area contributed by atoms with Gasteiger partial charge in [0.2, 0.25) is 5.91 Å². The van der Waals surface area contributed by atoms with Gasteiger partial charge in [0.25, 0.3) is 0 Å². The molecule has 1 rings (SSSR count). The van der Waals surface area contributed by atoms with Gasteiger partial charge in [-0.15, -0.1) is 0 Å². The molecule has 0 saturated heterocycles. The molecule has 19 heavy (non-hydrogen) atoms. The number of rotatable bonds is 5. The Morgan fingerprint density at radius 3 is 2.32 bits per heavy atom. The summed E-state index contributed by atoms with van der Waals surface area (Å²) in [5.74, 6) is -6.65. The number of aromatic carboxylic acids is 1. The van der Waals surface area contributed by atoms with E-state index in [0.717, 1.165) is 0 Å². The highest BCUT2D eigenvalue weighted by atomic mass is 32.2. The molecular formula is C10H9F2NO5S. The van der Waals surface area contributed by atoms with Crippen molar-refractivity contribution in [1.82, 2.24) is 0 Å². The van der Waals surface area contributed by atoms with Crippen LogP contribution >= 0.6 is 0 Å². The summed E-state index contributed by atoms with van der Waals surface area (Å²) in [5, 5.41) is 8.65. The fourth-order valence-electron chi connectivity index (χ4n) is 1.26. The molecule has 0 fully saturated rings. The average molecular weight is 293 g/mol. The molecule has 104 valence electrons. The Morgan fingerprint density at radius 2 is 1.84 bits per heavy atom. The van der Waals surface area contributed by atoms with Crippen molar-refractivity contribution in [1.29, 1.82) is 0 Å². The van der Waals surface area contributed by atoms with Gasteiger partial charge in [0, 0.05) is 6.42 Å². The molecule has 0 saturated carbocycles. The quantitative estimate of drug-likeness (QED) is 0.811. The van der Waals surface area contributed by atoms with Gasteiger partial charge in [0.1, 0.15) is 4.90 Å². The lowest BCUT2D eigenvalue weighted by atomic mass is 10.2. The highest BCUT2D eigenvalue weighted by molar-refractivity contribution is 7.91. The molecular weight excluding hydrogens is 284 g/mol. The number of carbonyl (C=O) groups excluding carboxylic acids is 1. The first-order valence-corrected chi connectivity index (χ1v) is 6.54. The predicted octanol–water partition coefficient (Wildman–Crippen LogP) is 0.312. The second-order valence-electron chi connectivity index (χ2n) is 3.61. The van der Waals surface area contributed by atoms with Crippen LogP contribution in [-0.2, 0) is 14.6 Å². The van der Waals surface area contributed by atoms with Crippen LogP contribution < -0.4 is 5.73 Å². The molecule has 0 aromatic heterocycles. The van der Waals surface area contributed by atoms with Gasteiger partial charge in [0.15, 0.2) is 21.5 Å². The summed E-state index contributed by atoms with van der Waals surface area (Å²) in [5.41, 5.74) is 4.05. The van der Waals surface area contributed by atoms with Crippen molar-refractivity contribution in [2.45, 2.75) is 11.3 Å². The third-order valence-corrected chi connectivity index (χ3v) is 3.90. The Labute approximate surface area is 106 Å². The monoisotopic (exact) mass is 293 g/mol. The number of halogens is 2. The van der Waals surface area contributed by atoms with Crippen molar-refractivity contribution < 1.29 is 31.9 Å². The average Bonchev–Trinajstić information content (AvgIpc) is 2.29. The van der Waals surface area contributed by atoms with Gasteiger partial charge >= 0.3 is 5.97 Å². The molecule has 0 aliphatic carbocycles. The van der Waals surface area contributed by atoms with Crippen LogP contribution in [0.2, 0.25) is 0 Å². The van der Waals surface area contributed by atoms with Gasteiger partial charge in [-0.3, -0.25) is 4.79 Å². The van der Waals surface area contributed by atoms with E-state index in [1.54, 1.807) is 0 Å². The van der Waals surface area contributed by atoms with E-state index in [0.29, 0.717) is 12.1 Å². The van der Waals surface area contributed by atoms with E-state index < -0.39 is 56.0 Å². The van der Waals surface area contributed by atoms with Gasteiger partial charge in [-0.05, 0) is 12.1 Å². The minimum absolute atomic E-state index is 0.366. The largest absolute Gasteiger partial charge is 0.478 e. The van der Waals surface area contributed by atoms with Crippen LogP contribution in [0, 0.1) is 11.6 Å². The van der Waals surface area contributed by atoms with Gasteiger partial charge in [0.05, 0.1) is 11.3 Å². The van der Waals surface area contributed by atoms with E-state index in [9.17, 15) is 26.8 Å². The van der Waals surface area contributed by atoms with Gasteiger partial charge in [-0.25, -0.2) is 22.0 Å². The summed E-state index contributed by atoms with van der Waals surface area (Å²) in [6.45, 7) is 0. The van der Waals surface area contributed by atoms with Crippen molar-refractivity contribution in [3.8, 4) is 0 Å². The van der Waals surface area contributed by atoms with Crippen LogP contribution in [0.3, 0.4) is 0 Å². The van der Waals surface area contributed by atoms with E-state index in [4.69, 9.17) is 10.8 Å². The highest BCUT2D eigenvalue weighted by Crippen LogP contribution is 2.21. The zero-order valence-electron chi connectivity index (χ0n) is 9.39. The van der Waals surface area contributed by atoms with Crippen LogP contribution in [0.15, 0.2) is 17.0 Å². The lowest BCUT2D eigenvalue weighted by Crippen LogP contribution is -2.18. The number of benzene rings is 1. The maximum Gasteiger partial charge on any atom is 0.335 e. The Balaban J connectivity index is 3.33. The zero-order chi connectivity index (χ0) is 14.8.